The molecule has 3 nitrogen and oxygen atoms in total. The summed E-state index contributed by atoms with van der Waals surface area (Å²) in [4.78, 5) is 0. The standard InChI is InChI=1S/C15H22N2O/c1-15(2,13-16)9-6-10-17-11-12-18-14-7-4-3-5-8-14/h3-5,7-8,17H,6,9-12H2,1-2H3. The highest BCUT2D eigenvalue weighted by molar-refractivity contribution is 5.20. The van der Waals surface area contributed by atoms with Crippen molar-refractivity contribution in [3.8, 4) is 11.8 Å². The van der Waals surface area contributed by atoms with Crippen LogP contribution in [0.25, 0.3) is 0 Å². The van der Waals surface area contributed by atoms with Crippen LogP contribution in [0, 0.1) is 16.7 Å². The molecule has 3 heteroatoms. The zero-order valence-electron chi connectivity index (χ0n) is 11.3. The van der Waals surface area contributed by atoms with Crippen molar-refractivity contribution in [2.45, 2.75) is 26.7 Å². The Bertz CT molecular complexity index is 368. The summed E-state index contributed by atoms with van der Waals surface area (Å²) in [7, 11) is 0. The molecule has 0 bridgehead atoms. The van der Waals surface area contributed by atoms with Crippen molar-refractivity contribution in [3.05, 3.63) is 30.3 Å². The zero-order valence-corrected chi connectivity index (χ0v) is 11.3. The predicted molar refractivity (Wildman–Crippen MR) is 73.4 cm³/mol. The van der Waals surface area contributed by atoms with Gasteiger partial charge >= 0.3 is 0 Å². The Labute approximate surface area is 110 Å². The van der Waals surface area contributed by atoms with Crippen LogP contribution >= 0.6 is 0 Å². The summed E-state index contributed by atoms with van der Waals surface area (Å²) in [5, 5.41) is 12.2. The predicted octanol–water partition coefficient (Wildman–Crippen LogP) is 2.98. The summed E-state index contributed by atoms with van der Waals surface area (Å²) < 4.78 is 5.56. The van der Waals surface area contributed by atoms with Gasteiger partial charge in [-0.25, -0.2) is 0 Å². The molecule has 0 aliphatic carbocycles. The minimum absolute atomic E-state index is 0.206. The van der Waals surface area contributed by atoms with E-state index in [4.69, 9.17) is 10.00 Å². The molecule has 0 atom stereocenters. The highest BCUT2D eigenvalue weighted by Gasteiger charge is 2.14. The van der Waals surface area contributed by atoms with E-state index >= 15 is 0 Å². The molecule has 1 N–H and O–H groups in total. The second-order valence-corrected chi connectivity index (χ2v) is 5.01. The molecule has 0 aromatic heterocycles. The molecule has 0 saturated carbocycles. The zero-order chi connectivity index (χ0) is 13.3. The molecule has 0 radical (unpaired) electrons. The van der Waals surface area contributed by atoms with E-state index in [1.54, 1.807) is 0 Å². The lowest BCUT2D eigenvalue weighted by atomic mass is 9.90. The van der Waals surface area contributed by atoms with Gasteiger partial charge in [-0.1, -0.05) is 18.2 Å². The van der Waals surface area contributed by atoms with E-state index in [2.05, 4.69) is 11.4 Å². The maximum Gasteiger partial charge on any atom is 0.119 e. The van der Waals surface area contributed by atoms with Gasteiger partial charge in [0.15, 0.2) is 0 Å². The number of ether oxygens (including phenoxy) is 1. The van der Waals surface area contributed by atoms with Crippen molar-refractivity contribution in [3.63, 3.8) is 0 Å². The maximum atomic E-state index is 8.87. The lowest BCUT2D eigenvalue weighted by Gasteiger charge is -2.14. The van der Waals surface area contributed by atoms with Gasteiger partial charge in [-0.15, -0.1) is 0 Å². The van der Waals surface area contributed by atoms with Gasteiger partial charge in [-0.3, -0.25) is 0 Å². The van der Waals surface area contributed by atoms with Gasteiger partial charge in [0, 0.05) is 6.54 Å². The molecular weight excluding hydrogens is 224 g/mol. The molecule has 1 rings (SSSR count). The molecule has 98 valence electrons. The van der Waals surface area contributed by atoms with Crippen LogP contribution in [0.1, 0.15) is 26.7 Å². The SMILES string of the molecule is CC(C)(C#N)CCCNCCOc1ccccc1. The van der Waals surface area contributed by atoms with Crippen molar-refractivity contribution < 1.29 is 4.74 Å². The number of nitrogens with one attached hydrogen (secondary N) is 1. The Morgan fingerprint density at radius 3 is 2.61 bits per heavy atom. The molecule has 0 spiro atoms. The van der Waals surface area contributed by atoms with Gasteiger partial charge in [-0.05, 0) is 45.4 Å². The molecule has 0 saturated heterocycles. The summed E-state index contributed by atoms with van der Waals surface area (Å²) in [6.45, 7) is 6.40. The Hall–Kier alpha value is -1.53. The van der Waals surface area contributed by atoms with Crippen LogP contribution in [0.2, 0.25) is 0 Å². The highest BCUT2D eigenvalue weighted by Crippen LogP contribution is 2.19. The maximum absolute atomic E-state index is 8.87. The minimum Gasteiger partial charge on any atom is -0.492 e. The van der Waals surface area contributed by atoms with Crippen LogP contribution in [0.4, 0.5) is 0 Å². The fraction of sp³-hybridized carbons (Fsp3) is 0.533. The molecule has 0 aliphatic rings. The van der Waals surface area contributed by atoms with Gasteiger partial charge < -0.3 is 10.1 Å². The van der Waals surface area contributed by atoms with E-state index in [0.29, 0.717) is 6.61 Å². The first-order chi connectivity index (χ1) is 8.64. The summed E-state index contributed by atoms with van der Waals surface area (Å²) in [6.07, 6.45) is 1.95. The number of hydrogen-bond donors (Lipinski definition) is 1. The third-order valence-electron chi connectivity index (χ3n) is 2.75. The first kappa shape index (κ1) is 14.5. The van der Waals surface area contributed by atoms with Gasteiger partial charge in [0.25, 0.3) is 0 Å². The first-order valence-corrected chi connectivity index (χ1v) is 6.44. The second-order valence-electron chi connectivity index (χ2n) is 5.01. The molecule has 0 amide bonds. The summed E-state index contributed by atoms with van der Waals surface area (Å²) in [5.74, 6) is 0.907. The highest BCUT2D eigenvalue weighted by atomic mass is 16.5. The molecule has 0 unspecified atom stereocenters. The average molecular weight is 246 g/mol. The summed E-state index contributed by atoms with van der Waals surface area (Å²) >= 11 is 0. The molecule has 1 aromatic carbocycles. The number of nitrogens with zero attached hydrogens (tertiary/aromatic N) is 1. The Kier molecular flexibility index (Phi) is 6.24. The number of rotatable bonds is 8. The third-order valence-corrected chi connectivity index (χ3v) is 2.75. The van der Waals surface area contributed by atoms with E-state index in [-0.39, 0.29) is 5.41 Å². The first-order valence-electron chi connectivity index (χ1n) is 6.44. The number of nitriles is 1. The van der Waals surface area contributed by atoms with Crippen LogP contribution < -0.4 is 10.1 Å². The Balaban J connectivity index is 1.98. The van der Waals surface area contributed by atoms with Crippen LogP contribution in [0.15, 0.2) is 30.3 Å². The third kappa shape index (κ3) is 6.27. The monoisotopic (exact) mass is 246 g/mol. The molecule has 0 heterocycles. The molecule has 0 aliphatic heterocycles. The van der Waals surface area contributed by atoms with E-state index < -0.39 is 0 Å². The average Bonchev–Trinajstić information content (AvgIpc) is 2.39. The van der Waals surface area contributed by atoms with E-state index in [1.807, 2.05) is 44.2 Å². The fourth-order valence-electron chi connectivity index (χ4n) is 1.59. The lowest BCUT2D eigenvalue weighted by molar-refractivity contribution is 0.311. The second kappa shape index (κ2) is 7.73. The van der Waals surface area contributed by atoms with E-state index in [1.165, 1.54) is 0 Å². The van der Waals surface area contributed by atoms with Crippen LogP contribution in [-0.2, 0) is 0 Å². The smallest absolute Gasteiger partial charge is 0.119 e. The van der Waals surface area contributed by atoms with Gasteiger partial charge in [0.2, 0.25) is 0 Å². The van der Waals surface area contributed by atoms with Crippen molar-refractivity contribution in [2.24, 2.45) is 5.41 Å². The normalized spacial score (nSPS) is 10.9. The van der Waals surface area contributed by atoms with E-state index in [9.17, 15) is 0 Å². The molecule has 18 heavy (non-hydrogen) atoms. The van der Waals surface area contributed by atoms with Crippen molar-refractivity contribution in [1.82, 2.24) is 5.32 Å². The lowest BCUT2D eigenvalue weighted by Crippen LogP contribution is -2.23. The number of benzene rings is 1. The molecule has 1 aromatic rings. The number of para-hydroxylation sites is 1. The Morgan fingerprint density at radius 2 is 1.94 bits per heavy atom. The van der Waals surface area contributed by atoms with Crippen molar-refractivity contribution in [1.29, 1.82) is 5.26 Å². The largest absolute Gasteiger partial charge is 0.492 e. The minimum atomic E-state index is -0.206. The molecule has 0 fully saturated rings. The fourth-order valence-corrected chi connectivity index (χ4v) is 1.59. The topological polar surface area (TPSA) is 45.0 Å². The molecular formula is C15H22N2O. The summed E-state index contributed by atoms with van der Waals surface area (Å²) in [5.41, 5.74) is -0.206. The number of hydrogen-bond acceptors (Lipinski definition) is 3. The van der Waals surface area contributed by atoms with Gasteiger partial charge in [-0.2, -0.15) is 5.26 Å². The summed E-state index contributed by atoms with van der Waals surface area (Å²) in [6, 6.07) is 12.1. The van der Waals surface area contributed by atoms with Crippen molar-refractivity contribution in [2.75, 3.05) is 19.7 Å². The Morgan fingerprint density at radius 1 is 1.22 bits per heavy atom. The van der Waals surface area contributed by atoms with Crippen molar-refractivity contribution >= 4 is 0 Å². The van der Waals surface area contributed by atoms with Gasteiger partial charge in [0.1, 0.15) is 12.4 Å². The van der Waals surface area contributed by atoms with Gasteiger partial charge in [0.05, 0.1) is 11.5 Å². The van der Waals surface area contributed by atoms with Crippen LogP contribution in [0.3, 0.4) is 0 Å². The van der Waals surface area contributed by atoms with Crippen LogP contribution in [-0.4, -0.2) is 19.7 Å². The van der Waals surface area contributed by atoms with Crippen LogP contribution in [0.5, 0.6) is 5.75 Å². The quantitative estimate of drug-likeness (QED) is 0.717. The van der Waals surface area contributed by atoms with E-state index in [0.717, 1.165) is 31.7 Å².